The molecule has 6 nitrogen and oxygen atoms in total. The molecule has 3 amide bonds. The molecule has 1 unspecified atom stereocenters. The number of anilines is 1. The molecule has 3 N–H and O–H groups in total. The molecule has 2 rings (SSSR count). The van der Waals surface area contributed by atoms with E-state index in [9.17, 15) is 9.59 Å². The Morgan fingerprint density at radius 1 is 1.21 bits per heavy atom. The lowest BCUT2D eigenvalue weighted by molar-refractivity contribution is -0.138. The molecule has 1 aromatic rings. The number of hydrogen-bond acceptors (Lipinski definition) is 3. The van der Waals surface area contributed by atoms with Crippen LogP contribution in [0.5, 0.6) is 0 Å². The van der Waals surface area contributed by atoms with Gasteiger partial charge in [0.15, 0.2) is 0 Å². The third-order valence-electron chi connectivity index (χ3n) is 4.38. The van der Waals surface area contributed by atoms with Crippen LogP contribution in [0, 0.1) is 6.92 Å². The van der Waals surface area contributed by atoms with Gasteiger partial charge in [0.05, 0.1) is 5.54 Å². The van der Waals surface area contributed by atoms with Gasteiger partial charge in [-0.05, 0) is 38.0 Å². The third-order valence-corrected chi connectivity index (χ3v) is 4.38. The lowest BCUT2D eigenvalue weighted by atomic mass is 9.95. The predicted molar refractivity (Wildman–Crippen MR) is 95.9 cm³/mol. The highest BCUT2D eigenvalue weighted by Crippen LogP contribution is 2.16. The minimum atomic E-state index is -0.819. The molecule has 0 aromatic heterocycles. The first-order valence-electron chi connectivity index (χ1n) is 8.54. The molecule has 1 heterocycles. The van der Waals surface area contributed by atoms with Crippen molar-refractivity contribution >= 4 is 17.6 Å². The van der Waals surface area contributed by atoms with Crippen molar-refractivity contribution in [3.8, 4) is 0 Å². The minimum Gasteiger partial charge on any atom is -0.338 e. The van der Waals surface area contributed by atoms with Gasteiger partial charge < -0.3 is 20.9 Å². The zero-order valence-electron chi connectivity index (χ0n) is 14.8. The smallest absolute Gasteiger partial charge is 0.321 e. The average molecular weight is 332 g/mol. The molecule has 0 aliphatic carbocycles. The van der Waals surface area contributed by atoms with Crippen LogP contribution in [-0.2, 0) is 4.79 Å². The summed E-state index contributed by atoms with van der Waals surface area (Å²) in [6.45, 7) is 7.88. The SMILES string of the molecule is CCCC(C)(N)C(=O)N1CCN(C(=O)Nc2cccc(C)c2)CC1. The van der Waals surface area contributed by atoms with Crippen LogP contribution in [-0.4, -0.2) is 53.5 Å². The summed E-state index contributed by atoms with van der Waals surface area (Å²) in [5.74, 6) is -0.0249. The first kappa shape index (κ1) is 18.3. The van der Waals surface area contributed by atoms with Crippen molar-refractivity contribution in [1.29, 1.82) is 0 Å². The molecule has 0 bridgehead atoms. The monoisotopic (exact) mass is 332 g/mol. The molecule has 1 atom stereocenters. The number of nitrogens with one attached hydrogen (secondary N) is 1. The molecule has 0 spiro atoms. The molecule has 1 fully saturated rings. The summed E-state index contributed by atoms with van der Waals surface area (Å²) in [7, 11) is 0. The molecule has 24 heavy (non-hydrogen) atoms. The number of nitrogens with two attached hydrogens (primary N) is 1. The van der Waals surface area contributed by atoms with E-state index >= 15 is 0 Å². The summed E-state index contributed by atoms with van der Waals surface area (Å²) in [4.78, 5) is 28.3. The highest BCUT2D eigenvalue weighted by molar-refractivity contribution is 5.90. The lowest BCUT2D eigenvalue weighted by Gasteiger charge is -2.38. The summed E-state index contributed by atoms with van der Waals surface area (Å²) in [5, 5.41) is 2.91. The van der Waals surface area contributed by atoms with Gasteiger partial charge in [0.1, 0.15) is 0 Å². The van der Waals surface area contributed by atoms with E-state index < -0.39 is 5.54 Å². The zero-order chi connectivity index (χ0) is 17.7. The number of carbonyl (C=O) groups excluding carboxylic acids is 2. The number of piperazine rings is 1. The van der Waals surface area contributed by atoms with E-state index in [-0.39, 0.29) is 11.9 Å². The van der Waals surface area contributed by atoms with Crippen LogP contribution in [0.15, 0.2) is 24.3 Å². The average Bonchev–Trinajstić information content (AvgIpc) is 2.54. The molecule has 0 saturated carbocycles. The second-order valence-electron chi connectivity index (χ2n) is 6.75. The van der Waals surface area contributed by atoms with Gasteiger partial charge in [-0.2, -0.15) is 0 Å². The Hall–Kier alpha value is -2.08. The quantitative estimate of drug-likeness (QED) is 0.887. The van der Waals surface area contributed by atoms with Crippen LogP contribution in [0.3, 0.4) is 0 Å². The first-order chi connectivity index (χ1) is 11.3. The summed E-state index contributed by atoms with van der Waals surface area (Å²) in [5.41, 5.74) is 7.20. The number of hydrogen-bond donors (Lipinski definition) is 2. The Morgan fingerprint density at radius 3 is 2.42 bits per heavy atom. The number of rotatable bonds is 4. The van der Waals surface area contributed by atoms with Gasteiger partial charge in [-0.1, -0.05) is 25.5 Å². The molecule has 1 aliphatic heterocycles. The maximum atomic E-state index is 12.5. The van der Waals surface area contributed by atoms with Gasteiger partial charge >= 0.3 is 6.03 Å². The van der Waals surface area contributed by atoms with Gasteiger partial charge in [-0.15, -0.1) is 0 Å². The van der Waals surface area contributed by atoms with Crippen molar-refractivity contribution in [3.63, 3.8) is 0 Å². The second-order valence-corrected chi connectivity index (χ2v) is 6.75. The largest absolute Gasteiger partial charge is 0.338 e. The van der Waals surface area contributed by atoms with Crippen LogP contribution < -0.4 is 11.1 Å². The van der Waals surface area contributed by atoms with Gasteiger partial charge in [0, 0.05) is 31.9 Å². The molecule has 1 aromatic carbocycles. The van der Waals surface area contributed by atoms with E-state index in [1.807, 2.05) is 38.1 Å². The fourth-order valence-electron chi connectivity index (χ4n) is 3.03. The number of urea groups is 1. The number of benzene rings is 1. The summed E-state index contributed by atoms with van der Waals surface area (Å²) >= 11 is 0. The minimum absolute atomic E-state index is 0.0249. The van der Waals surface area contributed by atoms with Crippen LogP contribution in [0.25, 0.3) is 0 Å². The number of amides is 3. The van der Waals surface area contributed by atoms with Crippen LogP contribution in [0.4, 0.5) is 10.5 Å². The maximum absolute atomic E-state index is 12.5. The Bertz CT molecular complexity index is 592. The normalized spacial score (nSPS) is 17.3. The van der Waals surface area contributed by atoms with Crippen LogP contribution in [0.2, 0.25) is 0 Å². The van der Waals surface area contributed by atoms with E-state index in [0.29, 0.717) is 32.6 Å². The van der Waals surface area contributed by atoms with Crippen molar-refractivity contribution in [1.82, 2.24) is 9.80 Å². The van der Waals surface area contributed by atoms with Gasteiger partial charge in [-0.25, -0.2) is 4.79 Å². The van der Waals surface area contributed by atoms with E-state index in [2.05, 4.69) is 5.32 Å². The van der Waals surface area contributed by atoms with E-state index in [4.69, 9.17) is 5.73 Å². The Labute approximate surface area is 144 Å². The molecular formula is C18H28N4O2. The Kier molecular flexibility index (Phi) is 5.83. The van der Waals surface area contributed by atoms with Crippen molar-refractivity contribution in [2.45, 2.75) is 39.2 Å². The highest BCUT2D eigenvalue weighted by atomic mass is 16.2. The molecule has 1 aliphatic rings. The van der Waals surface area contributed by atoms with E-state index in [1.165, 1.54) is 0 Å². The third kappa shape index (κ3) is 4.47. The number of nitrogens with zero attached hydrogens (tertiary/aromatic N) is 2. The molecular weight excluding hydrogens is 304 g/mol. The maximum Gasteiger partial charge on any atom is 0.321 e. The predicted octanol–water partition coefficient (Wildman–Crippen LogP) is 2.19. The highest BCUT2D eigenvalue weighted by Gasteiger charge is 2.34. The molecule has 132 valence electrons. The van der Waals surface area contributed by atoms with Gasteiger partial charge in [0.2, 0.25) is 5.91 Å². The van der Waals surface area contributed by atoms with E-state index in [1.54, 1.807) is 16.7 Å². The number of aryl methyl sites for hydroxylation is 1. The molecule has 1 saturated heterocycles. The molecule has 0 radical (unpaired) electrons. The Balaban J connectivity index is 1.88. The summed E-state index contributed by atoms with van der Waals surface area (Å²) in [6, 6.07) is 7.58. The second kappa shape index (κ2) is 7.66. The van der Waals surface area contributed by atoms with E-state index in [0.717, 1.165) is 17.7 Å². The van der Waals surface area contributed by atoms with Crippen LogP contribution in [0.1, 0.15) is 32.3 Å². The zero-order valence-corrected chi connectivity index (χ0v) is 14.8. The fraction of sp³-hybridized carbons (Fsp3) is 0.556. The lowest BCUT2D eigenvalue weighted by Crippen LogP contribution is -2.59. The summed E-state index contributed by atoms with van der Waals surface area (Å²) < 4.78 is 0. The standard InChI is InChI=1S/C18H28N4O2/c1-4-8-18(3,19)16(23)21-9-11-22(12-10-21)17(24)20-15-7-5-6-14(2)13-15/h5-7,13H,4,8-12,19H2,1-3H3,(H,20,24). The van der Waals surface area contributed by atoms with Crippen molar-refractivity contribution < 1.29 is 9.59 Å². The van der Waals surface area contributed by atoms with Crippen molar-refractivity contribution in [2.75, 3.05) is 31.5 Å². The topological polar surface area (TPSA) is 78.7 Å². The first-order valence-corrected chi connectivity index (χ1v) is 8.54. The number of carbonyl (C=O) groups is 2. The molecule has 6 heteroatoms. The Morgan fingerprint density at radius 2 is 1.83 bits per heavy atom. The van der Waals surface area contributed by atoms with Crippen molar-refractivity contribution in [3.05, 3.63) is 29.8 Å². The summed E-state index contributed by atoms with van der Waals surface area (Å²) in [6.07, 6.45) is 1.54. The van der Waals surface area contributed by atoms with Gasteiger partial charge in [0.25, 0.3) is 0 Å². The fourth-order valence-corrected chi connectivity index (χ4v) is 3.03. The van der Waals surface area contributed by atoms with Crippen LogP contribution >= 0.6 is 0 Å². The van der Waals surface area contributed by atoms with Crippen molar-refractivity contribution in [2.24, 2.45) is 5.73 Å². The van der Waals surface area contributed by atoms with Gasteiger partial charge in [-0.3, -0.25) is 4.79 Å².